The van der Waals surface area contributed by atoms with Crippen molar-refractivity contribution < 1.29 is 18.8 Å². The van der Waals surface area contributed by atoms with Gasteiger partial charge in [-0.15, -0.1) is 0 Å². The Morgan fingerprint density at radius 1 is 1.19 bits per heavy atom. The van der Waals surface area contributed by atoms with Crippen LogP contribution in [-0.2, 0) is 9.59 Å². The highest BCUT2D eigenvalue weighted by molar-refractivity contribution is 6.00. The van der Waals surface area contributed by atoms with Gasteiger partial charge in [-0.25, -0.2) is 0 Å². The third kappa shape index (κ3) is 2.46. The molecule has 0 saturated carbocycles. The van der Waals surface area contributed by atoms with Gasteiger partial charge in [-0.2, -0.15) is 0 Å². The molecule has 0 radical (unpaired) electrons. The summed E-state index contributed by atoms with van der Waals surface area (Å²) in [5, 5.41) is 0.927. The van der Waals surface area contributed by atoms with Crippen LogP contribution in [0.3, 0.4) is 0 Å². The summed E-state index contributed by atoms with van der Waals surface area (Å²) in [6.07, 6.45) is 0. The van der Waals surface area contributed by atoms with E-state index in [2.05, 4.69) is 0 Å². The smallest absolute Gasteiger partial charge is 0.290 e. The maximum Gasteiger partial charge on any atom is 0.290 e. The molecule has 1 aromatic heterocycles. The largest absolute Gasteiger partial charge is 0.451 e. The van der Waals surface area contributed by atoms with Crippen molar-refractivity contribution in [3.63, 3.8) is 0 Å². The van der Waals surface area contributed by atoms with Crippen molar-refractivity contribution >= 4 is 28.7 Å². The van der Waals surface area contributed by atoms with Gasteiger partial charge in [-0.1, -0.05) is 11.6 Å². The first-order valence-electron chi connectivity index (χ1n) is 8.70. The highest BCUT2D eigenvalue weighted by Crippen LogP contribution is 2.28. The fourth-order valence-electron chi connectivity index (χ4n) is 3.79. The Bertz CT molecular complexity index is 932. The van der Waals surface area contributed by atoms with Gasteiger partial charge in [0.2, 0.25) is 11.8 Å². The summed E-state index contributed by atoms with van der Waals surface area (Å²) in [5.74, 6) is -0.120. The number of carbonyl (C=O) groups is 3. The number of hydrogen-bond acceptors (Lipinski definition) is 4. The number of likely N-dealkylation sites (N-methyl/N-ethyl adjacent to an activating group) is 1. The first-order valence-corrected chi connectivity index (χ1v) is 8.70. The SMILES string of the molecule is Cc1ccc2oc(C(=O)N3CCN4C(=O)CN(C)C(=O)[C@@H]4C3)c(C)c2c1. The Morgan fingerprint density at radius 2 is 1.96 bits per heavy atom. The van der Waals surface area contributed by atoms with E-state index < -0.39 is 6.04 Å². The Labute approximate surface area is 151 Å². The van der Waals surface area contributed by atoms with Crippen LogP contribution in [0.2, 0.25) is 0 Å². The molecule has 2 aliphatic rings. The third-order valence-electron chi connectivity index (χ3n) is 5.31. The first-order chi connectivity index (χ1) is 12.4. The molecular formula is C19H21N3O4. The van der Waals surface area contributed by atoms with E-state index >= 15 is 0 Å². The zero-order valence-electron chi connectivity index (χ0n) is 15.1. The number of nitrogens with zero attached hydrogens (tertiary/aromatic N) is 3. The Morgan fingerprint density at radius 3 is 2.73 bits per heavy atom. The zero-order valence-corrected chi connectivity index (χ0v) is 15.1. The van der Waals surface area contributed by atoms with E-state index in [4.69, 9.17) is 4.42 Å². The average Bonchev–Trinajstić information content (AvgIpc) is 2.95. The number of aryl methyl sites for hydroxylation is 2. The van der Waals surface area contributed by atoms with E-state index in [0.29, 0.717) is 24.4 Å². The Hall–Kier alpha value is -2.83. The van der Waals surface area contributed by atoms with Crippen LogP contribution in [0.15, 0.2) is 22.6 Å². The quantitative estimate of drug-likeness (QED) is 0.770. The Kier molecular flexibility index (Phi) is 3.75. The van der Waals surface area contributed by atoms with Crippen LogP contribution < -0.4 is 0 Å². The molecule has 2 fully saturated rings. The van der Waals surface area contributed by atoms with Gasteiger partial charge in [0.1, 0.15) is 11.6 Å². The van der Waals surface area contributed by atoms with Crippen molar-refractivity contribution in [3.05, 3.63) is 35.1 Å². The molecule has 0 spiro atoms. The summed E-state index contributed by atoms with van der Waals surface area (Å²) in [4.78, 5) is 42.2. The lowest BCUT2D eigenvalue weighted by Gasteiger charge is -2.45. The van der Waals surface area contributed by atoms with Gasteiger partial charge >= 0.3 is 0 Å². The molecule has 2 saturated heterocycles. The minimum Gasteiger partial charge on any atom is -0.451 e. The van der Waals surface area contributed by atoms with Gasteiger partial charge < -0.3 is 19.1 Å². The molecule has 3 amide bonds. The number of benzene rings is 1. The molecule has 0 N–H and O–H groups in total. The van der Waals surface area contributed by atoms with Crippen LogP contribution in [0.5, 0.6) is 0 Å². The standard InChI is InChI=1S/C19H21N3O4/c1-11-4-5-15-13(8-11)12(2)17(26-15)19(25)21-6-7-22-14(9-21)18(24)20(3)10-16(22)23/h4-5,8,14H,6-7,9-10H2,1-3H3/t14-/m0/s1. The highest BCUT2D eigenvalue weighted by atomic mass is 16.3. The normalized spacial score (nSPS) is 20.7. The molecule has 0 aliphatic carbocycles. The third-order valence-corrected chi connectivity index (χ3v) is 5.31. The van der Waals surface area contributed by atoms with Gasteiger partial charge in [-0.3, -0.25) is 14.4 Å². The van der Waals surface area contributed by atoms with Gasteiger partial charge in [0.15, 0.2) is 5.76 Å². The predicted molar refractivity (Wildman–Crippen MR) is 94.7 cm³/mol. The number of fused-ring (bicyclic) bond motifs is 2. The monoisotopic (exact) mass is 355 g/mol. The molecular weight excluding hydrogens is 334 g/mol. The van der Waals surface area contributed by atoms with Gasteiger partial charge in [0.25, 0.3) is 5.91 Å². The van der Waals surface area contributed by atoms with Crippen molar-refractivity contribution in [1.29, 1.82) is 0 Å². The number of hydrogen-bond donors (Lipinski definition) is 0. The van der Waals surface area contributed by atoms with Crippen LogP contribution in [-0.4, -0.2) is 71.7 Å². The van der Waals surface area contributed by atoms with E-state index in [1.807, 2.05) is 32.0 Å². The van der Waals surface area contributed by atoms with Gasteiger partial charge in [0, 0.05) is 31.1 Å². The lowest BCUT2D eigenvalue weighted by molar-refractivity contribution is -0.157. The van der Waals surface area contributed by atoms with Gasteiger partial charge in [-0.05, 0) is 26.0 Å². The van der Waals surface area contributed by atoms with Crippen molar-refractivity contribution in [1.82, 2.24) is 14.7 Å². The number of carbonyl (C=O) groups excluding carboxylic acids is 3. The van der Waals surface area contributed by atoms with Crippen molar-refractivity contribution in [2.24, 2.45) is 0 Å². The maximum absolute atomic E-state index is 13.0. The second-order valence-electron chi connectivity index (χ2n) is 7.10. The number of piperazine rings is 2. The fourth-order valence-corrected chi connectivity index (χ4v) is 3.79. The van der Waals surface area contributed by atoms with Crippen molar-refractivity contribution in [3.8, 4) is 0 Å². The highest BCUT2D eigenvalue weighted by Gasteiger charge is 2.42. The van der Waals surface area contributed by atoms with Crippen molar-refractivity contribution in [2.75, 3.05) is 33.2 Å². The molecule has 4 rings (SSSR count). The molecule has 136 valence electrons. The minimum atomic E-state index is -0.606. The van der Waals surface area contributed by atoms with E-state index in [1.54, 1.807) is 16.8 Å². The number of amides is 3. The molecule has 7 nitrogen and oxygen atoms in total. The van der Waals surface area contributed by atoms with E-state index in [0.717, 1.165) is 16.5 Å². The van der Waals surface area contributed by atoms with E-state index in [-0.39, 0.29) is 30.8 Å². The van der Waals surface area contributed by atoms with Crippen LogP contribution in [0.1, 0.15) is 21.7 Å². The molecule has 1 aromatic carbocycles. The van der Waals surface area contributed by atoms with Gasteiger partial charge in [0.05, 0.1) is 13.1 Å². The molecule has 2 aliphatic heterocycles. The van der Waals surface area contributed by atoms with Crippen LogP contribution in [0.25, 0.3) is 11.0 Å². The summed E-state index contributed by atoms with van der Waals surface area (Å²) in [5.41, 5.74) is 2.58. The summed E-state index contributed by atoms with van der Waals surface area (Å²) >= 11 is 0. The number of rotatable bonds is 1. The minimum absolute atomic E-state index is 0.0698. The first kappa shape index (κ1) is 16.6. The average molecular weight is 355 g/mol. The lowest BCUT2D eigenvalue weighted by atomic mass is 10.1. The second kappa shape index (κ2) is 5.86. The van der Waals surface area contributed by atoms with Crippen LogP contribution >= 0.6 is 0 Å². The summed E-state index contributed by atoms with van der Waals surface area (Å²) < 4.78 is 5.81. The van der Waals surface area contributed by atoms with Crippen LogP contribution in [0.4, 0.5) is 0 Å². The number of furan rings is 1. The zero-order chi connectivity index (χ0) is 18.6. The molecule has 0 unspecified atom stereocenters. The molecule has 1 atom stereocenters. The fraction of sp³-hybridized carbons (Fsp3) is 0.421. The van der Waals surface area contributed by atoms with Crippen molar-refractivity contribution in [2.45, 2.75) is 19.9 Å². The second-order valence-corrected chi connectivity index (χ2v) is 7.10. The lowest BCUT2D eigenvalue weighted by Crippen LogP contribution is -2.66. The molecule has 26 heavy (non-hydrogen) atoms. The molecule has 0 bridgehead atoms. The van der Waals surface area contributed by atoms with Crippen LogP contribution in [0, 0.1) is 13.8 Å². The molecule has 2 aromatic rings. The molecule has 3 heterocycles. The summed E-state index contributed by atoms with van der Waals surface area (Å²) in [7, 11) is 1.62. The van der Waals surface area contributed by atoms with E-state index in [1.165, 1.54) is 4.90 Å². The summed E-state index contributed by atoms with van der Waals surface area (Å²) in [6, 6.07) is 5.21. The van der Waals surface area contributed by atoms with E-state index in [9.17, 15) is 14.4 Å². The predicted octanol–water partition coefficient (Wildman–Crippen LogP) is 1.17. The molecule has 7 heteroatoms. The topological polar surface area (TPSA) is 74.1 Å². The summed E-state index contributed by atoms with van der Waals surface area (Å²) in [6.45, 7) is 4.93. The Balaban J connectivity index is 1.62. The maximum atomic E-state index is 13.0.